The van der Waals surface area contributed by atoms with Crippen molar-refractivity contribution in [3.8, 4) is 0 Å². The summed E-state index contributed by atoms with van der Waals surface area (Å²) in [6, 6.07) is 28.8. The van der Waals surface area contributed by atoms with Crippen LogP contribution >= 0.6 is 0 Å². The lowest BCUT2D eigenvalue weighted by atomic mass is 10.1. The van der Waals surface area contributed by atoms with Crippen molar-refractivity contribution in [1.82, 2.24) is 19.5 Å². The lowest BCUT2D eigenvalue weighted by Gasteiger charge is -2.39. The summed E-state index contributed by atoms with van der Waals surface area (Å²) < 4.78 is 59.7. The molecule has 0 bridgehead atoms. The number of benzene rings is 3. The van der Waals surface area contributed by atoms with Gasteiger partial charge in [0.1, 0.15) is 30.2 Å². The Morgan fingerprint density at radius 2 is 1.29 bits per heavy atom. The molecule has 0 aliphatic carbocycles. The van der Waals surface area contributed by atoms with Crippen LogP contribution in [0.5, 0.6) is 0 Å². The lowest BCUT2D eigenvalue weighted by molar-refractivity contribution is -0.180. The molecular formula is C35H43N5O7SSi. The highest BCUT2D eigenvalue weighted by Gasteiger charge is 2.43. The van der Waals surface area contributed by atoms with Gasteiger partial charge < -0.3 is 24.4 Å². The van der Waals surface area contributed by atoms with E-state index >= 15 is 0 Å². The lowest BCUT2D eigenvalue weighted by Crippen LogP contribution is -2.51. The van der Waals surface area contributed by atoms with Crippen LogP contribution in [0.4, 0.5) is 5.82 Å². The third-order valence-corrected chi connectivity index (χ3v) is 8.91. The fourth-order valence-corrected chi connectivity index (χ4v) is 6.84. The van der Waals surface area contributed by atoms with E-state index in [0.29, 0.717) is 11.2 Å². The first kappa shape index (κ1) is 36.3. The monoisotopic (exact) mass is 705 g/mol. The van der Waals surface area contributed by atoms with Crippen LogP contribution in [0.25, 0.3) is 11.2 Å². The minimum atomic E-state index is -4.01. The second kappa shape index (κ2) is 16.6. The van der Waals surface area contributed by atoms with Gasteiger partial charge in [-0.15, -0.1) is 0 Å². The fourth-order valence-electron chi connectivity index (χ4n) is 5.26. The van der Waals surface area contributed by atoms with Crippen LogP contribution < -0.4 is 5.73 Å². The van der Waals surface area contributed by atoms with Gasteiger partial charge in [-0.05, 0) is 36.3 Å². The molecule has 0 saturated heterocycles. The number of hydrogen-bond acceptors (Lipinski definition) is 11. The maximum atomic E-state index is 12.9. The molecule has 0 unspecified atom stereocenters. The molecule has 12 nitrogen and oxygen atoms in total. The maximum absolute atomic E-state index is 12.9. The average Bonchev–Trinajstić information content (AvgIpc) is 3.51. The molecule has 0 amide bonds. The summed E-state index contributed by atoms with van der Waals surface area (Å²) in [6.45, 7) is 6.51. The van der Waals surface area contributed by atoms with Gasteiger partial charge in [-0.25, -0.2) is 15.0 Å². The van der Waals surface area contributed by atoms with E-state index < -0.39 is 43.0 Å². The minimum Gasteiger partial charge on any atom is -0.395 e. The number of nitrogen functional groups attached to an aromatic ring is 1. The Bertz CT molecular complexity index is 1860. The summed E-state index contributed by atoms with van der Waals surface area (Å²) in [5.74, 6) is 0.210. The Kier molecular flexibility index (Phi) is 12.3. The van der Waals surface area contributed by atoms with Crippen molar-refractivity contribution in [1.29, 1.82) is 0 Å². The molecule has 0 radical (unpaired) electrons. The Hall–Kier alpha value is -4.02. The van der Waals surface area contributed by atoms with E-state index in [1.165, 1.54) is 6.33 Å². The molecule has 49 heavy (non-hydrogen) atoms. The minimum absolute atomic E-state index is 0.123. The second-order valence-electron chi connectivity index (χ2n) is 12.6. The second-order valence-corrected chi connectivity index (χ2v) is 18.6. The van der Waals surface area contributed by atoms with Crippen molar-refractivity contribution in [3.63, 3.8) is 0 Å². The summed E-state index contributed by atoms with van der Waals surface area (Å²) in [7, 11) is -6.39. The summed E-state index contributed by atoms with van der Waals surface area (Å²) in [5.41, 5.74) is 9.68. The molecule has 0 aliphatic rings. The first-order valence-electron chi connectivity index (χ1n) is 15.9. The van der Waals surface area contributed by atoms with Crippen LogP contribution in [-0.2, 0) is 52.8 Å². The van der Waals surface area contributed by atoms with E-state index in [4.69, 9.17) is 28.6 Å². The van der Waals surface area contributed by atoms with Crippen molar-refractivity contribution < 1.29 is 31.2 Å². The van der Waals surface area contributed by atoms with Gasteiger partial charge >= 0.3 is 0 Å². The van der Waals surface area contributed by atoms with E-state index in [2.05, 4.69) is 15.0 Å². The molecule has 5 rings (SSSR count). The molecule has 0 aliphatic heterocycles. The number of rotatable bonds is 18. The van der Waals surface area contributed by atoms with Crippen molar-refractivity contribution >= 4 is 35.4 Å². The number of hydrogen-bond donors (Lipinski definition) is 1. The van der Waals surface area contributed by atoms with Gasteiger partial charge in [0.15, 0.2) is 26.0 Å². The average molecular weight is 706 g/mol. The zero-order valence-corrected chi connectivity index (χ0v) is 29.9. The maximum Gasteiger partial charge on any atom is 0.264 e. The van der Waals surface area contributed by atoms with Gasteiger partial charge in [-0.1, -0.05) is 91.0 Å². The molecule has 2 N–H and O–H groups in total. The molecule has 0 spiro atoms. The van der Waals surface area contributed by atoms with Crippen molar-refractivity contribution in [2.24, 2.45) is 0 Å². The Morgan fingerprint density at radius 1 is 0.755 bits per heavy atom. The van der Waals surface area contributed by atoms with Gasteiger partial charge in [0.05, 0.1) is 39.0 Å². The molecule has 0 fully saturated rings. The summed E-state index contributed by atoms with van der Waals surface area (Å²) in [4.78, 5) is 13.1. The van der Waals surface area contributed by atoms with Crippen LogP contribution in [0.3, 0.4) is 0 Å². The molecule has 5 aromatic rings. The van der Waals surface area contributed by atoms with E-state index in [0.717, 1.165) is 22.9 Å². The first-order valence-corrected chi connectivity index (χ1v) is 21.1. The van der Waals surface area contributed by atoms with Crippen molar-refractivity contribution in [2.75, 3.05) is 18.6 Å². The van der Waals surface area contributed by atoms with E-state index in [1.807, 2.05) is 111 Å². The number of nitrogens with two attached hydrogens (primary N) is 1. The predicted molar refractivity (Wildman–Crippen MR) is 189 cm³/mol. The van der Waals surface area contributed by atoms with Crippen LogP contribution in [0, 0.1) is 0 Å². The molecule has 4 atom stereocenters. The van der Waals surface area contributed by atoms with Gasteiger partial charge in [0, 0.05) is 0 Å². The predicted octanol–water partition coefficient (Wildman–Crippen LogP) is 5.49. The first-order chi connectivity index (χ1) is 23.5. The molecule has 2 heterocycles. The van der Waals surface area contributed by atoms with Crippen LogP contribution in [0.1, 0.15) is 22.9 Å². The third-order valence-electron chi connectivity index (χ3n) is 7.37. The zero-order chi connectivity index (χ0) is 34.9. The molecule has 3 aromatic carbocycles. The van der Waals surface area contributed by atoms with Crippen LogP contribution in [0.15, 0.2) is 104 Å². The third kappa shape index (κ3) is 10.7. The summed E-state index contributed by atoms with van der Waals surface area (Å²) >= 11 is 0. The number of nitrogens with zero attached hydrogens (tertiary/aromatic N) is 4. The van der Waals surface area contributed by atoms with Gasteiger partial charge in [-0.2, -0.15) is 8.42 Å². The topological polar surface area (TPSA) is 150 Å². The molecule has 0 saturated carbocycles. The van der Waals surface area contributed by atoms with Crippen LogP contribution in [-0.4, -0.2) is 67.4 Å². The number of fused-ring (bicyclic) bond motifs is 1. The molecule has 260 valence electrons. The van der Waals surface area contributed by atoms with E-state index in [-0.39, 0.29) is 32.2 Å². The number of anilines is 1. The van der Waals surface area contributed by atoms with Gasteiger partial charge in [-0.3, -0.25) is 8.75 Å². The van der Waals surface area contributed by atoms with Crippen molar-refractivity contribution in [3.05, 3.63) is 120 Å². The van der Waals surface area contributed by atoms with Crippen molar-refractivity contribution in [2.45, 2.75) is 64.0 Å². The summed E-state index contributed by atoms with van der Waals surface area (Å²) in [6.07, 6.45) is -0.141. The van der Waals surface area contributed by atoms with Crippen LogP contribution in [0.2, 0.25) is 19.6 Å². The smallest absolute Gasteiger partial charge is 0.264 e. The van der Waals surface area contributed by atoms with E-state index in [1.54, 1.807) is 10.9 Å². The normalized spacial score (nSPS) is 14.8. The molecule has 14 heteroatoms. The highest BCUT2D eigenvalue weighted by atomic mass is 32.2. The van der Waals surface area contributed by atoms with Gasteiger partial charge in [0.25, 0.3) is 10.1 Å². The number of aromatic nitrogens is 4. The molecule has 2 aromatic heterocycles. The zero-order valence-electron chi connectivity index (χ0n) is 28.1. The fraction of sp³-hybridized carbons (Fsp3) is 0.343. The SMILES string of the molecule is C[Si](C)(C)O[C@@H]([C@H](OCc1ccccc1)[C@@H](OCc1ccccc1)[C@@H](COCc1ccccc1)OS(C)(=O)=O)n1cnc2c(N)ncnc21. The Labute approximate surface area is 288 Å². The largest absolute Gasteiger partial charge is 0.395 e. The van der Waals surface area contributed by atoms with E-state index in [9.17, 15) is 8.42 Å². The van der Waals surface area contributed by atoms with Gasteiger partial charge in [0.2, 0.25) is 0 Å². The highest BCUT2D eigenvalue weighted by Crippen LogP contribution is 2.32. The number of ether oxygens (including phenoxy) is 3. The number of imidazole rings is 1. The Morgan fingerprint density at radius 3 is 1.82 bits per heavy atom. The highest BCUT2D eigenvalue weighted by molar-refractivity contribution is 7.86. The standard InChI is InChI=1S/C35H43N5O7SSi/c1-48(41,42)46-29(23-43-20-26-14-8-5-9-15-26)31(44-21-27-16-10-6-11-17-27)32(45-22-28-18-12-7-13-19-28)35(47-49(2,3)4)40-25-39-30-33(36)37-24-38-34(30)40/h5-19,24-25,29,31-32,35H,20-23H2,1-4H3,(H2,36,37,38)/t29-,31+,32-,35+/m1/s1. The summed E-state index contributed by atoms with van der Waals surface area (Å²) in [5, 5.41) is 0. The quantitative estimate of drug-likeness (QED) is 0.0911. The Balaban J connectivity index is 1.62. The molecular weight excluding hydrogens is 663 g/mol.